The van der Waals surface area contributed by atoms with E-state index in [2.05, 4.69) is 55.1 Å². The topological polar surface area (TPSA) is 113 Å². The first-order chi connectivity index (χ1) is 19.8. The van der Waals surface area contributed by atoms with Gasteiger partial charge in [-0.2, -0.15) is 0 Å². The van der Waals surface area contributed by atoms with Crippen LogP contribution >= 0.6 is 0 Å². The Hall–Kier alpha value is -3.97. The van der Waals surface area contributed by atoms with E-state index in [1.54, 1.807) is 6.08 Å². The summed E-state index contributed by atoms with van der Waals surface area (Å²) < 4.78 is 0. The number of carbonyl (C=O) groups is 3. The Morgan fingerprint density at radius 3 is 2.27 bits per heavy atom. The summed E-state index contributed by atoms with van der Waals surface area (Å²) in [4.78, 5) is 34.2. The lowest BCUT2D eigenvalue weighted by molar-refractivity contribution is -0.128. The maximum Gasteiger partial charge on any atom is 0.244 e. The van der Waals surface area contributed by atoms with E-state index in [0.717, 1.165) is 21.9 Å². The van der Waals surface area contributed by atoms with E-state index >= 15 is 0 Å². The number of hydrogen-bond donors (Lipinski definition) is 4. The minimum Gasteiger partial charge on any atom is -0.343 e. The van der Waals surface area contributed by atoms with Crippen LogP contribution in [0.25, 0.3) is 10.8 Å². The third-order valence-corrected chi connectivity index (χ3v) is 5.74. The second kappa shape index (κ2) is 26.3. The van der Waals surface area contributed by atoms with Gasteiger partial charge in [-0.1, -0.05) is 114 Å². The van der Waals surface area contributed by atoms with Gasteiger partial charge in [0.2, 0.25) is 18.2 Å². The van der Waals surface area contributed by atoms with Crippen LogP contribution in [-0.4, -0.2) is 37.5 Å². The highest BCUT2D eigenvalue weighted by Gasteiger charge is 2.21. The molecule has 0 aromatic heterocycles. The van der Waals surface area contributed by atoms with Crippen molar-refractivity contribution in [1.82, 2.24) is 16.0 Å². The minimum atomic E-state index is -0.777. The predicted octanol–water partition coefficient (Wildman–Crippen LogP) is 6.12. The van der Waals surface area contributed by atoms with Gasteiger partial charge in [-0.05, 0) is 54.7 Å². The molecule has 0 aliphatic heterocycles. The second-order valence-electron chi connectivity index (χ2n) is 8.62. The molecule has 0 radical (unpaired) electrons. The molecule has 2 aromatic carbocycles. The number of nitrogens with one attached hydrogen (secondary N) is 3. The SMILES string of the molecule is C/C=C\CCCC.C=CC(=C)/C(C)=C\C.CC.NCC(=O)N[C@H](Cc1cccc2ccccc12)C(=O)NCNC=O. The molecule has 0 bridgehead atoms. The summed E-state index contributed by atoms with van der Waals surface area (Å²) in [6.45, 7) is 19.4. The average Bonchev–Trinajstić information content (AvgIpc) is 3.01. The van der Waals surface area contributed by atoms with Gasteiger partial charge in [0.05, 0.1) is 13.2 Å². The number of rotatable bonds is 13. The smallest absolute Gasteiger partial charge is 0.244 e. The number of benzene rings is 2. The van der Waals surface area contributed by atoms with Crippen LogP contribution in [-0.2, 0) is 20.8 Å². The monoisotopic (exact) mass is 564 g/mol. The Morgan fingerprint density at radius 1 is 1.07 bits per heavy atom. The molecule has 1 atom stereocenters. The first-order valence-electron chi connectivity index (χ1n) is 14.3. The van der Waals surface area contributed by atoms with Crippen LogP contribution in [0.1, 0.15) is 66.4 Å². The molecule has 0 saturated heterocycles. The van der Waals surface area contributed by atoms with Crippen molar-refractivity contribution in [3.63, 3.8) is 0 Å². The van der Waals surface area contributed by atoms with Crippen LogP contribution in [0.5, 0.6) is 0 Å². The van der Waals surface area contributed by atoms with Gasteiger partial charge in [-0.15, -0.1) is 0 Å². The molecule has 2 rings (SSSR count). The highest BCUT2D eigenvalue weighted by Crippen LogP contribution is 2.19. The van der Waals surface area contributed by atoms with Crippen molar-refractivity contribution in [1.29, 1.82) is 0 Å². The quantitative estimate of drug-likeness (QED) is 0.0772. The fourth-order valence-corrected chi connectivity index (χ4v) is 3.29. The van der Waals surface area contributed by atoms with E-state index in [0.29, 0.717) is 12.8 Å². The molecule has 0 heterocycles. The standard InChI is InChI=1S/C17H20N4O3.C8H12.C7H14.C2H6/c18-9-16(23)21-15(17(24)20-10-19-11-22)8-13-6-3-5-12-4-1-2-7-14(12)13;1-5-7(3)8(4)6-2;1-3-5-7-6-4-2;1-2/h1-7,11,15H,8-10,18H2,(H,19,22)(H,20,24)(H,21,23);5-6H,1,3H2,2,4H3;3,5H,4,6-7H2,1-2H3;1-2H3/b;8-6-;5-3-;/t15-;;;/m1.../s1. The molecule has 0 aliphatic rings. The Kier molecular flexibility index (Phi) is 25.1. The van der Waals surface area contributed by atoms with Crippen molar-refractivity contribution in [2.45, 2.75) is 73.3 Å². The van der Waals surface area contributed by atoms with Crippen LogP contribution < -0.4 is 21.7 Å². The normalized spacial score (nSPS) is 10.9. The summed E-state index contributed by atoms with van der Waals surface area (Å²) in [5, 5.41) is 9.58. The van der Waals surface area contributed by atoms with Gasteiger partial charge in [-0.3, -0.25) is 14.4 Å². The van der Waals surface area contributed by atoms with Crippen molar-refractivity contribution >= 4 is 29.0 Å². The second-order valence-corrected chi connectivity index (χ2v) is 8.62. The lowest BCUT2D eigenvalue weighted by atomic mass is 9.98. The van der Waals surface area contributed by atoms with Gasteiger partial charge in [0.1, 0.15) is 6.04 Å². The summed E-state index contributed by atoms with van der Waals surface area (Å²) in [5.41, 5.74) is 8.46. The van der Waals surface area contributed by atoms with Crippen molar-refractivity contribution in [3.05, 3.63) is 96.6 Å². The van der Waals surface area contributed by atoms with Crippen LogP contribution in [0, 0.1) is 0 Å². The van der Waals surface area contributed by atoms with E-state index in [1.165, 1.54) is 24.8 Å². The predicted molar refractivity (Wildman–Crippen MR) is 175 cm³/mol. The molecule has 0 saturated carbocycles. The van der Waals surface area contributed by atoms with Crippen molar-refractivity contribution in [2.75, 3.05) is 13.2 Å². The fourth-order valence-electron chi connectivity index (χ4n) is 3.29. The number of unbranched alkanes of at least 4 members (excludes halogenated alkanes) is 2. The number of nitrogens with two attached hydrogens (primary N) is 1. The zero-order valence-corrected chi connectivity index (χ0v) is 26.0. The van der Waals surface area contributed by atoms with Gasteiger partial charge >= 0.3 is 0 Å². The molecule has 41 heavy (non-hydrogen) atoms. The summed E-state index contributed by atoms with van der Waals surface area (Å²) in [6, 6.07) is 12.9. The summed E-state index contributed by atoms with van der Waals surface area (Å²) >= 11 is 0. The fraction of sp³-hybridized carbons (Fsp3) is 0.382. The highest BCUT2D eigenvalue weighted by atomic mass is 16.2. The maximum absolute atomic E-state index is 12.3. The van der Waals surface area contributed by atoms with Crippen LogP contribution in [0.15, 0.2) is 91.1 Å². The number of fused-ring (bicyclic) bond motifs is 1. The average molecular weight is 565 g/mol. The van der Waals surface area contributed by atoms with Crippen LogP contribution in [0.3, 0.4) is 0 Å². The summed E-state index contributed by atoms with van der Waals surface area (Å²) in [7, 11) is 0. The molecule has 7 heteroatoms. The first-order valence-corrected chi connectivity index (χ1v) is 14.3. The molecule has 7 nitrogen and oxygen atoms in total. The molecule has 0 aliphatic carbocycles. The van der Waals surface area contributed by atoms with Gasteiger partial charge in [-0.25, -0.2) is 0 Å². The molecule has 0 fully saturated rings. The van der Waals surface area contributed by atoms with Crippen LogP contribution in [0.2, 0.25) is 0 Å². The zero-order chi connectivity index (χ0) is 31.5. The van der Waals surface area contributed by atoms with Crippen LogP contribution in [0.4, 0.5) is 0 Å². The Bertz CT molecular complexity index is 1100. The highest BCUT2D eigenvalue weighted by molar-refractivity contribution is 5.90. The van der Waals surface area contributed by atoms with Crippen molar-refractivity contribution in [3.8, 4) is 0 Å². The number of carbonyl (C=O) groups excluding carboxylic acids is 3. The molecule has 2 aromatic rings. The maximum atomic E-state index is 12.3. The Morgan fingerprint density at radius 2 is 1.73 bits per heavy atom. The van der Waals surface area contributed by atoms with Crippen molar-refractivity contribution < 1.29 is 14.4 Å². The first kappa shape index (κ1) is 39.2. The van der Waals surface area contributed by atoms with E-state index in [9.17, 15) is 14.4 Å². The molecule has 5 N–H and O–H groups in total. The van der Waals surface area contributed by atoms with E-state index in [-0.39, 0.29) is 19.1 Å². The lowest BCUT2D eigenvalue weighted by Gasteiger charge is -2.19. The molecular formula is C34H52N4O3. The van der Waals surface area contributed by atoms with Gasteiger partial charge in [0, 0.05) is 6.42 Å². The molecule has 226 valence electrons. The van der Waals surface area contributed by atoms with E-state index < -0.39 is 11.9 Å². The number of allylic oxidation sites excluding steroid dienone is 6. The summed E-state index contributed by atoms with van der Waals surface area (Å²) in [5.74, 6) is -0.808. The largest absolute Gasteiger partial charge is 0.343 e. The van der Waals surface area contributed by atoms with Gasteiger partial charge < -0.3 is 21.7 Å². The van der Waals surface area contributed by atoms with E-state index in [1.807, 2.05) is 76.2 Å². The summed E-state index contributed by atoms with van der Waals surface area (Å²) in [6.07, 6.45) is 12.8. The van der Waals surface area contributed by atoms with Crippen molar-refractivity contribution in [2.24, 2.45) is 5.73 Å². The minimum absolute atomic E-state index is 0.00708. The molecular weight excluding hydrogens is 512 g/mol. The third-order valence-electron chi connectivity index (χ3n) is 5.74. The Labute approximate surface area is 248 Å². The van der Waals surface area contributed by atoms with E-state index in [4.69, 9.17) is 5.73 Å². The molecule has 0 unspecified atom stereocenters. The molecule has 3 amide bonds. The van der Waals surface area contributed by atoms with Gasteiger partial charge in [0.15, 0.2) is 0 Å². The molecule has 0 spiro atoms. The zero-order valence-electron chi connectivity index (χ0n) is 26.0. The third kappa shape index (κ3) is 18.1. The Balaban J connectivity index is 0. The number of amides is 3. The number of hydrogen-bond acceptors (Lipinski definition) is 4. The lowest BCUT2D eigenvalue weighted by Crippen LogP contribution is -2.51. The van der Waals surface area contributed by atoms with Gasteiger partial charge in [0.25, 0.3) is 0 Å².